The van der Waals surface area contributed by atoms with Crippen LogP contribution in [-0.4, -0.2) is 40.3 Å². The number of carbonyl (C=O) groups is 2. The fraction of sp³-hybridized carbons (Fsp3) is 0.455. The van der Waals surface area contributed by atoms with E-state index in [0.717, 1.165) is 29.3 Å². The first-order chi connectivity index (χ1) is 14.4. The van der Waals surface area contributed by atoms with Crippen molar-refractivity contribution >= 4 is 45.3 Å². The lowest BCUT2D eigenvalue weighted by Gasteiger charge is -2.33. The van der Waals surface area contributed by atoms with Gasteiger partial charge in [0.15, 0.2) is 0 Å². The highest BCUT2D eigenvalue weighted by Crippen LogP contribution is 2.45. The van der Waals surface area contributed by atoms with Crippen LogP contribution in [0, 0.1) is 5.41 Å². The van der Waals surface area contributed by atoms with Crippen LogP contribution in [0.25, 0.3) is 10.8 Å². The number of rotatable bonds is 7. The number of hydrogen-bond donors (Lipinski definition) is 1. The Morgan fingerprint density at radius 2 is 1.97 bits per heavy atom. The minimum absolute atomic E-state index is 0.0642. The van der Waals surface area contributed by atoms with Crippen LogP contribution in [0.4, 0.5) is 11.4 Å². The largest absolute Gasteiger partial charge is 0.466 e. The molecule has 1 aliphatic heterocycles. The number of amides is 1. The molecule has 1 saturated carbocycles. The Balaban J connectivity index is 1.82. The van der Waals surface area contributed by atoms with E-state index in [2.05, 4.69) is 0 Å². The lowest BCUT2D eigenvalue weighted by molar-refractivity contribution is -0.154. The molecular formula is C22H26N2O5S. The van der Waals surface area contributed by atoms with Crippen LogP contribution in [0.5, 0.6) is 0 Å². The first kappa shape index (κ1) is 20.8. The molecule has 1 N–H and O–H groups in total. The molecule has 0 aromatic heterocycles. The molecule has 7 nitrogen and oxygen atoms in total. The summed E-state index contributed by atoms with van der Waals surface area (Å²) >= 11 is -2.34. The summed E-state index contributed by atoms with van der Waals surface area (Å²) in [5.74, 6) is -0.373. The normalized spacial score (nSPS) is 18.1. The maximum absolute atomic E-state index is 12.8. The monoisotopic (exact) mass is 430 g/mol. The molecule has 0 radical (unpaired) electrons. The summed E-state index contributed by atoms with van der Waals surface area (Å²) < 4.78 is 29.3. The average Bonchev–Trinajstić information content (AvgIpc) is 3.32. The summed E-state index contributed by atoms with van der Waals surface area (Å²) in [5.41, 5.74) is 1.14. The Kier molecular flexibility index (Phi) is 5.55. The molecule has 160 valence electrons. The number of esters is 1. The number of carbonyl (C=O) groups excluding carboxylic acids is 2. The highest BCUT2D eigenvalue weighted by atomic mass is 32.2. The van der Waals surface area contributed by atoms with E-state index in [-0.39, 0.29) is 25.0 Å². The topological polar surface area (TPSA) is 87.2 Å². The Hall–Kier alpha value is -2.45. The maximum Gasteiger partial charge on any atom is 0.313 e. The van der Waals surface area contributed by atoms with Crippen molar-refractivity contribution in [1.29, 1.82) is 0 Å². The summed E-state index contributed by atoms with van der Waals surface area (Å²) in [5, 5.41) is 1.52. The van der Waals surface area contributed by atoms with E-state index in [1.807, 2.05) is 19.1 Å². The highest BCUT2D eigenvalue weighted by Gasteiger charge is 2.45. The van der Waals surface area contributed by atoms with Crippen LogP contribution in [0.3, 0.4) is 0 Å². The van der Waals surface area contributed by atoms with Gasteiger partial charge in [0, 0.05) is 22.9 Å². The summed E-state index contributed by atoms with van der Waals surface area (Å²) in [6.07, 6.45) is 3.02. The van der Waals surface area contributed by atoms with E-state index in [4.69, 9.17) is 4.74 Å². The van der Waals surface area contributed by atoms with Crippen LogP contribution >= 0.6 is 0 Å². The van der Waals surface area contributed by atoms with Crippen LogP contribution in [0.1, 0.15) is 49.9 Å². The molecular weight excluding hydrogens is 404 g/mol. The SMILES string of the molecule is CCOC(=O)C1(CN(c2ccc3c4c(cccc24)C(=O)N3CC)S(=O)O)CCCC1. The van der Waals surface area contributed by atoms with Crippen molar-refractivity contribution in [3.05, 3.63) is 35.9 Å². The number of ether oxygens (including phenoxy) is 1. The standard InChI is InChI=1S/C22H26N2O5S/c1-3-23-18-11-10-17(15-8-7-9-16(19(15)18)20(23)25)24(30(27)28)14-22(12-5-6-13-22)21(26)29-4-2/h7-11H,3-6,12-14H2,1-2H3,(H,27,28). The van der Waals surface area contributed by atoms with E-state index in [9.17, 15) is 18.4 Å². The third-order valence-electron chi connectivity index (χ3n) is 6.25. The fourth-order valence-electron chi connectivity index (χ4n) is 4.82. The number of benzene rings is 2. The first-order valence-corrected chi connectivity index (χ1v) is 11.4. The molecule has 0 bridgehead atoms. The minimum Gasteiger partial charge on any atom is -0.466 e. The summed E-state index contributed by atoms with van der Waals surface area (Å²) in [4.78, 5) is 27.2. The predicted molar refractivity (Wildman–Crippen MR) is 117 cm³/mol. The van der Waals surface area contributed by atoms with E-state index in [0.29, 0.717) is 30.6 Å². The molecule has 1 atom stereocenters. The summed E-state index contributed by atoms with van der Waals surface area (Å²) in [7, 11) is 0. The van der Waals surface area contributed by atoms with Gasteiger partial charge in [-0.15, -0.1) is 0 Å². The van der Waals surface area contributed by atoms with Crippen molar-refractivity contribution in [2.45, 2.75) is 39.5 Å². The quantitative estimate of drug-likeness (QED) is 0.532. The first-order valence-electron chi connectivity index (χ1n) is 10.4. The van der Waals surface area contributed by atoms with Gasteiger partial charge in [0.25, 0.3) is 17.2 Å². The van der Waals surface area contributed by atoms with Gasteiger partial charge >= 0.3 is 5.97 Å². The zero-order valence-electron chi connectivity index (χ0n) is 17.2. The molecule has 1 heterocycles. The second-order valence-corrected chi connectivity index (χ2v) is 8.76. The zero-order valence-corrected chi connectivity index (χ0v) is 18.0. The molecule has 2 aromatic carbocycles. The van der Waals surface area contributed by atoms with Gasteiger partial charge in [-0.1, -0.05) is 25.0 Å². The minimum atomic E-state index is -2.34. The van der Waals surface area contributed by atoms with Gasteiger partial charge in [-0.05, 0) is 44.9 Å². The lowest BCUT2D eigenvalue weighted by Crippen LogP contribution is -2.43. The van der Waals surface area contributed by atoms with Crippen LogP contribution < -0.4 is 9.21 Å². The third-order valence-corrected chi connectivity index (χ3v) is 6.95. The molecule has 0 saturated heterocycles. The van der Waals surface area contributed by atoms with E-state index in [1.165, 1.54) is 4.31 Å². The van der Waals surface area contributed by atoms with Gasteiger partial charge in [0.2, 0.25) is 0 Å². The van der Waals surface area contributed by atoms with Gasteiger partial charge in [-0.2, -0.15) is 0 Å². The number of hydrogen-bond acceptors (Lipinski definition) is 4. The highest BCUT2D eigenvalue weighted by molar-refractivity contribution is 7.80. The van der Waals surface area contributed by atoms with Crippen LogP contribution in [0.15, 0.2) is 30.3 Å². The van der Waals surface area contributed by atoms with Crippen LogP contribution in [0.2, 0.25) is 0 Å². The molecule has 1 aliphatic carbocycles. The smallest absolute Gasteiger partial charge is 0.313 e. The molecule has 1 fully saturated rings. The zero-order chi connectivity index (χ0) is 21.5. The molecule has 1 amide bonds. The van der Waals surface area contributed by atoms with Gasteiger partial charge < -0.3 is 9.64 Å². The predicted octanol–water partition coefficient (Wildman–Crippen LogP) is 3.89. The number of nitrogens with zero attached hydrogens (tertiary/aromatic N) is 2. The Bertz CT molecular complexity index is 1030. The molecule has 2 aliphatic rings. The molecule has 8 heteroatoms. The van der Waals surface area contributed by atoms with E-state index >= 15 is 0 Å². The van der Waals surface area contributed by atoms with Gasteiger partial charge in [-0.3, -0.25) is 18.4 Å². The van der Waals surface area contributed by atoms with E-state index in [1.54, 1.807) is 30.0 Å². The Labute approximate surface area is 178 Å². The Morgan fingerprint density at radius 1 is 1.23 bits per heavy atom. The summed E-state index contributed by atoms with van der Waals surface area (Å²) in [6.45, 7) is 4.60. The van der Waals surface area contributed by atoms with Crippen molar-refractivity contribution < 1.29 is 23.1 Å². The average molecular weight is 431 g/mol. The second kappa shape index (κ2) is 8.00. The molecule has 4 rings (SSSR count). The van der Waals surface area contributed by atoms with Crippen molar-refractivity contribution in [2.24, 2.45) is 5.41 Å². The van der Waals surface area contributed by atoms with Crippen molar-refractivity contribution in [3.63, 3.8) is 0 Å². The van der Waals surface area contributed by atoms with Crippen LogP contribution in [-0.2, 0) is 20.8 Å². The third kappa shape index (κ3) is 3.18. The van der Waals surface area contributed by atoms with Gasteiger partial charge in [0.05, 0.1) is 29.9 Å². The van der Waals surface area contributed by atoms with Gasteiger partial charge in [-0.25, -0.2) is 4.21 Å². The van der Waals surface area contributed by atoms with Crippen molar-refractivity contribution in [2.75, 3.05) is 28.9 Å². The van der Waals surface area contributed by atoms with Gasteiger partial charge in [0.1, 0.15) is 0 Å². The van der Waals surface area contributed by atoms with Crippen molar-refractivity contribution in [1.82, 2.24) is 0 Å². The van der Waals surface area contributed by atoms with E-state index < -0.39 is 16.7 Å². The molecule has 0 spiro atoms. The fourth-order valence-corrected chi connectivity index (χ4v) is 5.51. The number of anilines is 2. The maximum atomic E-state index is 12.8. The molecule has 1 unspecified atom stereocenters. The second-order valence-electron chi connectivity index (χ2n) is 7.86. The molecule has 30 heavy (non-hydrogen) atoms. The summed E-state index contributed by atoms with van der Waals surface area (Å²) in [6, 6.07) is 9.02. The Morgan fingerprint density at radius 3 is 2.60 bits per heavy atom. The van der Waals surface area contributed by atoms with Crippen molar-refractivity contribution in [3.8, 4) is 0 Å². The lowest BCUT2D eigenvalue weighted by atomic mass is 9.86. The molecule has 2 aromatic rings.